The molecule has 0 bridgehead atoms. The van der Waals surface area contributed by atoms with Gasteiger partial charge in [0.1, 0.15) is 0 Å². The van der Waals surface area contributed by atoms with Gasteiger partial charge in [-0.1, -0.05) is 0 Å². The van der Waals surface area contributed by atoms with Crippen LogP contribution in [0.5, 0.6) is 0 Å². The summed E-state index contributed by atoms with van der Waals surface area (Å²) in [6.45, 7) is 0. The quantitative estimate of drug-likeness (QED) is 0.297. The summed E-state index contributed by atoms with van der Waals surface area (Å²) in [5.41, 5.74) is 0. The van der Waals surface area contributed by atoms with Crippen LogP contribution in [0.15, 0.2) is 0 Å². The minimum atomic E-state index is 0. The normalized spacial score (nSPS) is 0. The van der Waals surface area contributed by atoms with Crippen LogP contribution in [-0.2, 0) is 0 Å². The van der Waals surface area contributed by atoms with Crippen LogP contribution in [-0.4, -0.2) is 24.4 Å². The first-order chi connectivity index (χ1) is 0. The van der Waals surface area contributed by atoms with Crippen LogP contribution in [0, 0.1) is 0 Å². The molecular formula is H3Li3Sb. The molecule has 0 saturated carbocycles. The van der Waals surface area contributed by atoms with E-state index in [0.717, 1.165) is 0 Å². The summed E-state index contributed by atoms with van der Waals surface area (Å²) in [7, 11) is 0. The molecule has 0 aliphatic carbocycles. The molecule has 0 atom stereocenters. The molecule has 0 spiro atoms. The first-order valence-corrected chi connectivity index (χ1v) is 0. The molecule has 0 fully saturated rings. The fourth-order valence-electron chi connectivity index (χ4n) is 0. The minimum absolute atomic E-state index is 0. The second-order valence-corrected chi connectivity index (χ2v) is 0. The molecule has 0 aliphatic rings. The Morgan fingerprint density at radius 3 is 0.750 bits per heavy atom. The Bertz CT molecular complexity index is 10.1. The first kappa shape index (κ1) is 30.5. The molecule has 4 heteroatoms. The van der Waals surface area contributed by atoms with Gasteiger partial charge in [0.25, 0.3) is 0 Å². The summed E-state index contributed by atoms with van der Waals surface area (Å²) >= 11 is 0. The Labute approximate surface area is 84.3 Å². The fourth-order valence-corrected chi connectivity index (χ4v) is 0. The Kier molecular flexibility index (Phi) is 134. The molecule has 0 nitrogen and oxygen atoms in total. The van der Waals surface area contributed by atoms with Gasteiger partial charge in [-0.05, 0) is 0 Å². The Hall–Kier alpha value is 2.61. The van der Waals surface area contributed by atoms with Crippen molar-refractivity contribution in [2.24, 2.45) is 0 Å². The van der Waals surface area contributed by atoms with Gasteiger partial charge in [0.05, 0.1) is 0 Å². The van der Waals surface area contributed by atoms with E-state index in [2.05, 4.69) is 0 Å². The molecule has 0 heterocycles. The van der Waals surface area contributed by atoms with Gasteiger partial charge in [0.2, 0.25) is 0 Å². The zero-order chi connectivity index (χ0) is 0. The van der Waals surface area contributed by atoms with Gasteiger partial charge < -0.3 is 4.28 Å². The molecule has 0 unspecified atom stereocenters. The van der Waals surface area contributed by atoms with Crippen LogP contribution in [0.25, 0.3) is 0 Å². The molecule has 0 aromatic heterocycles. The Morgan fingerprint density at radius 1 is 0.750 bits per heavy atom. The summed E-state index contributed by atoms with van der Waals surface area (Å²) in [5, 5.41) is 0. The van der Waals surface area contributed by atoms with E-state index in [1.54, 1.807) is 0 Å². The molecule has 0 aliphatic heterocycles. The zero-order valence-electron chi connectivity index (χ0n) is 6.45. The zero-order valence-corrected chi connectivity index (χ0v) is 6.00. The average Bonchev–Trinajstić information content (AvgIpc) is 0. The van der Waals surface area contributed by atoms with E-state index < -0.39 is 0 Å². The second-order valence-electron chi connectivity index (χ2n) is 0. The van der Waals surface area contributed by atoms with Gasteiger partial charge in [-0.25, -0.2) is 0 Å². The van der Waals surface area contributed by atoms with E-state index in [-0.39, 0.29) is 85.3 Å². The van der Waals surface area contributed by atoms with Crippen molar-refractivity contribution in [2.75, 3.05) is 0 Å². The smallest absolute Gasteiger partial charge is 1.00 e. The molecule has 0 amide bonds. The van der Waals surface area contributed by atoms with E-state index in [1.807, 2.05) is 0 Å². The van der Waals surface area contributed by atoms with E-state index >= 15 is 0 Å². The molecule has 11 valence electrons. The molecular weight excluding hydrogens is 143 g/mol. The van der Waals surface area contributed by atoms with Crippen LogP contribution < -0.4 is 56.6 Å². The minimum Gasteiger partial charge on any atom is -1.00 e. The van der Waals surface area contributed by atoms with Crippen LogP contribution in [0.2, 0.25) is 0 Å². The van der Waals surface area contributed by atoms with Crippen molar-refractivity contribution >= 4 is 24.4 Å². The standard InChI is InChI=1S/3Li.Sb.3H/q3*+1;;3*-1. The number of hydrogen-bond acceptors (Lipinski definition) is 0. The van der Waals surface area contributed by atoms with Crippen molar-refractivity contribution in [1.29, 1.82) is 0 Å². The summed E-state index contributed by atoms with van der Waals surface area (Å²) in [6.07, 6.45) is 0. The summed E-state index contributed by atoms with van der Waals surface area (Å²) in [6, 6.07) is 0. The largest absolute Gasteiger partial charge is 1.00 e. The predicted molar refractivity (Wildman–Crippen MR) is 9.09 cm³/mol. The van der Waals surface area contributed by atoms with Gasteiger partial charge in [-0.2, -0.15) is 0 Å². The third-order valence-corrected chi connectivity index (χ3v) is 0. The molecule has 0 aromatic carbocycles. The number of rotatable bonds is 0. The van der Waals surface area contributed by atoms with Crippen molar-refractivity contribution < 1.29 is 60.9 Å². The van der Waals surface area contributed by atoms with Gasteiger partial charge in [-0.3, -0.25) is 0 Å². The molecule has 0 rings (SSSR count). The van der Waals surface area contributed by atoms with Gasteiger partial charge in [0, 0.05) is 24.4 Å². The van der Waals surface area contributed by atoms with Crippen LogP contribution >= 0.6 is 0 Å². The summed E-state index contributed by atoms with van der Waals surface area (Å²) in [4.78, 5) is 0. The average molecular weight is 146 g/mol. The van der Waals surface area contributed by atoms with E-state index in [4.69, 9.17) is 0 Å². The van der Waals surface area contributed by atoms with Crippen LogP contribution in [0.3, 0.4) is 0 Å². The van der Waals surface area contributed by atoms with Crippen LogP contribution in [0.4, 0.5) is 0 Å². The monoisotopic (exact) mass is 145 g/mol. The molecule has 3 radical (unpaired) electrons. The molecule has 0 saturated heterocycles. The van der Waals surface area contributed by atoms with Crippen molar-refractivity contribution in [3.8, 4) is 0 Å². The van der Waals surface area contributed by atoms with E-state index in [9.17, 15) is 0 Å². The maximum absolute atomic E-state index is 0. The number of hydrogen-bond donors (Lipinski definition) is 0. The molecule has 0 N–H and O–H groups in total. The van der Waals surface area contributed by atoms with Crippen molar-refractivity contribution in [1.82, 2.24) is 0 Å². The van der Waals surface area contributed by atoms with E-state index in [1.165, 1.54) is 0 Å². The second kappa shape index (κ2) is 17.5. The topological polar surface area (TPSA) is 0 Å². The van der Waals surface area contributed by atoms with Gasteiger partial charge in [-0.15, -0.1) is 0 Å². The Balaban J connectivity index is 0. The third kappa shape index (κ3) is 8.82. The molecule has 4 heavy (non-hydrogen) atoms. The first-order valence-electron chi connectivity index (χ1n) is 0. The maximum Gasteiger partial charge on any atom is 1.00 e. The third-order valence-electron chi connectivity index (χ3n) is 0. The van der Waals surface area contributed by atoms with Crippen molar-refractivity contribution in [3.63, 3.8) is 0 Å². The Morgan fingerprint density at radius 2 is 0.750 bits per heavy atom. The van der Waals surface area contributed by atoms with Crippen LogP contribution in [0.1, 0.15) is 4.28 Å². The van der Waals surface area contributed by atoms with Crippen molar-refractivity contribution in [2.45, 2.75) is 0 Å². The fraction of sp³-hybridized carbons (Fsp3) is 0. The molecule has 0 aromatic rings. The SMILES string of the molecule is [H-].[H-].[H-].[Li+].[Li+].[Li+].[Sb]. The van der Waals surface area contributed by atoms with E-state index in [0.29, 0.717) is 0 Å². The van der Waals surface area contributed by atoms with Gasteiger partial charge >= 0.3 is 56.6 Å². The van der Waals surface area contributed by atoms with Crippen molar-refractivity contribution in [3.05, 3.63) is 0 Å². The maximum atomic E-state index is 0. The summed E-state index contributed by atoms with van der Waals surface area (Å²) in [5.74, 6) is 0. The summed E-state index contributed by atoms with van der Waals surface area (Å²) < 4.78 is 0. The predicted octanol–water partition coefficient (Wildman–Crippen LogP) is -9.03. The van der Waals surface area contributed by atoms with Gasteiger partial charge in [0.15, 0.2) is 0 Å².